The van der Waals surface area contributed by atoms with Gasteiger partial charge in [0.15, 0.2) is 5.11 Å². The highest BCUT2D eigenvalue weighted by molar-refractivity contribution is 7.80. The molecule has 0 aliphatic carbocycles. The van der Waals surface area contributed by atoms with Crippen molar-refractivity contribution in [2.75, 3.05) is 10.2 Å². The van der Waals surface area contributed by atoms with Crippen LogP contribution in [-0.2, 0) is 4.79 Å². The first-order valence-corrected chi connectivity index (χ1v) is 14.6. The molecule has 4 aromatic rings. The number of halogens is 1. The topological polar surface area (TPSA) is 62.2 Å². The molecule has 5 rings (SSSR count). The zero-order chi connectivity index (χ0) is 29.6. The van der Waals surface area contributed by atoms with Crippen LogP contribution in [0.1, 0.15) is 65.3 Å². The minimum absolute atomic E-state index is 0.0831. The molecule has 0 bridgehead atoms. The number of hydrogen-bond donors (Lipinski definition) is 2. The number of hydrogen-bond acceptors (Lipinski definition) is 3. The van der Waals surface area contributed by atoms with E-state index in [-0.39, 0.29) is 23.9 Å². The van der Waals surface area contributed by atoms with Crippen molar-refractivity contribution >= 4 is 46.2 Å². The van der Waals surface area contributed by atoms with Gasteiger partial charge in [0.2, 0.25) is 5.91 Å². The number of benzene rings is 2. The van der Waals surface area contributed by atoms with E-state index in [4.69, 9.17) is 28.8 Å². The predicted octanol–water partition coefficient (Wildman–Crippen LogP) is 7.84. The summed E-state index contributed by atoms with van der Waals surface area (Å²) in [7, 11) is 0. The van der Waals surface area contributed by atoms with Crippen LogP contribution in [-0.4, -0.2) is 20.6 Å². The Morgan fingerprint density at radius 2 is 1.73 bits per heavy atom. The molecule has 3 heterocycles. The molecule has 1 amide bonds. The molecule has 0 radical (unpaired) electrons. The molecule has 0 saturated carbocycles. The largest absolute Gasteiger partial charge is 0.351 e. The highest BCUT2D eigenvalue weighted by Gasteiger charge is 2.42. The molecular formula is C33H36ClN5OS. The summed E-state index contributed by atoms with van der Waals surface area (Å²) < 4.78 is 2.35. The van der Waals surface area contributed by atoms with Crippen LogP contribution in [0.3, 0.4) is 0 Å². The lowest BCUT2D eigenvalue weighted by Gasteiger charge is -2.29. The van der Waals surface area contributed by atoms with E-state index in [0.717, 1.165) is 28.3 Å². The number of carbonyl (C=O) groups is 1. The van der Waals surface area contributed by atoms with Gasteiger partial charge in [-0.2, -0.15) is 0 Å². The summed E-state index contributed by atoms with van der Waals surface area (Å²) in [5, 5.41) is 7.51. The van der Waals surface area contributed by atoms with E-state index in [0.29, 0.717) is 15.8 Å². The summed E-state index contributed by atoms with van der Waals surface area (Å²) >= 11 is 12.7. The van der Waals surface area contributed by atoms with Gasteiger partial charge < -0.3 is 20.1 Å². The zero-order valence-electron chi connectivity index (χ0n) is 24.5. The second-order valence-electron chi connectivity index (χ2n) is 11.2. The number of amides is 1. The van der Waals surface area contributed by atoms with E-state index in [1.54, 1.807) is 0 Å². The summed E-state index contributed by atoms with van der Waals surface area (Å²) in [6, 6.07) is 18.0. The Kier molecular flexibility index (Phi) is 7.95. The molecule has 1 aliphatic rings. The molecule has 6 nitrogen and oxygen atoms in total. The minimum Gasteiger partial charge on any atom is -0.351 e. The van der Waals surface area contributed by atoms with Crippen molar-refractivity contribution in [1.29, 1.82) is 0 Å². The van der Waals surface area contributed by atoms with Gasteiger partial charge in [-0.1, -0.05) is 49.2 Å². The van der Waals surface area contributed by atoms with Gasteiger partial charge >= 0.3 is 0 Å². The fourth-order valence-electron chi connectivity index (χ4n) is 5.94. The molecule has 1 saturated heterocycles. The zero-order valence-corrected chi connectivity index (χ0v) is 26.1. The quantitative estimate of drug-likeness (QED) is 0.226. The van der Waals surface area contributed by atoms with Gasteiger partial charge in [0.05, 0.1) is 34.2 Å². The van der Waals surface area contributed by atoms with Crippen LogP contribution < -0.4 is 15.5 Å². The second kappa shape index (κ2) is 11.3. The molecule has 212 valence electrons. The van der Waals surface area contributed by atoms with Crippen molar-refractivity contribution < 1.29 is 4.79 Å². The maximum absolute atomic E-state index is 12.3. The number of aryl methyl sites for hydroxylation is 4. The lowest BCUT2D eigenvalue weighted by molar-refractivity contribution is -0.118. The Bertz CT molecular complexity index is 1620. The minimum atomic E-state index is -0.185. The summed E-state index contributed by atoms with van der Waals surface area (Å²) in [6.07, 6.45) is 1.81. The Balaban J connectivity index is 1.65. The Hall–Kier alpha value is -3.68. The smallest absolute Gasteiger partial charge is 0.226 e. The molecule has 0 unspecified atom stereocenters. The molecular weight excluding hydrogens is 550 g/mol. The lowest BCUT2D eigenvalue weighted by atomic mass is 9.96. The standard InChI is InChI=1S/C33H36ClN5OS/c1-18(2)32(40)36-27-12-11-24(17-26(27)34)39-31(29(37-33(39)41)28-10-8-9-13-35-28)25-16-22(6)38(23(25)7)30-20(4)14-19(3)15-21(30)5/h8-18,29,31H,1-7H3,(H,36,40)(H,37,41)/t29-,31-/m0/s1. The molecule has 8 heteroatoms. The van der Waals surface area contributed by atoms with Crippen molar-refractivity contribution in [2.24, 2.45) is 5.92 Å². The monoisotopic (exact) mass is 585 g/mol. The van der Waals surface area contributed by atoms with Gasteiger partial charge in [-0.15, -0.1) is 0 Å². The molecule has 41 heavy (non-hydrogen) atoms. The summed E-state index contributed by atoms with van der Waals surface area (Å²) in [5.41, 5.74) is 10.7. The second-order valence-corrected chi connectivity index (χ2v) is 12.0. The number of rotatable bonds is 6. The van der Waals surface area contributed by atoms with Gasteiger partial charge in [0.1, 0.15) is 0 Å². The number of nitrogens with zero attached hydrogens (tertiary/aromatic N) is 3. The fraction of sp³-hybridized carbons (Fsp3) is 0.303. The lowest BCUT2D eigenvalue weighted by Crippen LogP contribution is -2.29. The van der Waals surface area contributed by atoms with E-state index < -0.39 is 0 Å². The van der Waals surface area contributed by atoms with E-state index in [1.165, 1.54) is 22.4 Å². The molecule has 2 aromatic heterocycles. The van der Waals surface area contributed by atoms with Crippen LogP contribution in [0.25, 0.3) is 5.69 Å². The molecule has 2 aromatic carbocycles. The number of anilines is 2. The first kappa shape index (κ1) is 28.8. The van der Waals surface area contributed by atoms with Gasteiger partial charge in [0.25, 0.3) is 0 Å². The number of thiocarbonyl (C=S) groups is 1. The summed E-state index contributed by atoms with van der Waals surface area (Å²) in [4.78, 5) is 19.2. The number of nitrogens with one attached hydrogen (secondary N) is 2. The van der Waals surface area contributed by atoms with Crippen LogP contribution in [0.15, 0.2) is 60.8 Å². The van der Waals surface area contributed by atoms with Crippen molar-refractivity contribution in [3.05, 3.63) is 105 Å². The summed E-state index contributed by atoms with van der Waals surface area (Å²) in [5.74, 6) is -0.235. The average molecular weight is 586 g/mol. The van der Waals surface area contributed by atoms with Crippen LogP contribution in [0.5, 0.6) is 0 Å². The first-order chi connectivity index (χ1) is 19.5. The Labute approximate surface area is 252 Å². The Morgan fingerprint density at radius 1 is 1.02 bits per heavy atom. The maximum Gasteiger partial charge on any atom is 0.226 e. The van der Waals surface area contributed by atoms with Gasteiger partial charge in [0, 0.05) is 29.2 Å². The Morgan fingerprint density at radius 3 is 2.34 bits per heavy atom. The molecule has 1 fully saturated rings. The third-order valence-corrected chi connectivity index (χ3v) is 8.39. The molecule has 2 atom stereocenters. The highest BCUT2D eigenvalue weighted by atomic mass is 35.5. The number of aromatic nitrogens is 2. The fourth-order valence-corrected chi connectivity index (χ4v) is 6.51. The molecule has 0 spiro atoms. The van der Waals surface area contributed by atoms with Crippen molar-refractivity contribution in [1.82, 2.24) is 14.9 Å². The highest BCUT2D eigenvalue weighted by Crippen LogP contribution is 2.45. The first-order valence-electron chi connectivity index (χ1n) is 13.9. The number of pyridine rings is 1. The van der Waals surface area contributed by atoms with Gasteiger partial charge in [-0.3, -0.25) is 9.78 Å². The average Bonchev–Trinajstić information content (AvgIpc) is 3.40. The normalized spacial score (nSPS) is 16.8. The third kappa shape index (κ3) is 5.36. The van der Waals surface area contributed by atoms with Crippen LogP contribution in [0.4, 0.5) is 11.4 Å². The van der Waals surface area contributed by atoms with Gasteiger partial charge in [-0.05, 0) is 99.9 Å². The van der Waals surface area contributed by atoms with E-state index in [2.05, 4.69) is 72.9 Å². The summed E-state index contributed by atoms with van der Waals surface area (Å²) in [6.45, 7) is 14.5. The van der Waals surface area contributed by atoms with E-state index >= 15 is 0 Å². The van der Waals surface area contributed by atoms with E-state index in [1.807, 2.05) is 56.4 Å². The van der Waals surface area contributed by atoms with Crippen LogP contribution in [0, 0.1) is 40.5 Å². The molecule has 2 N–H and O–H groups in total. The maximum atomic E-state index is 12.3. The van der Waals surface area contributed by atoms with Crippen LogP contribution in [0.2, 0.25) is 5.02 Å². The van der Waals surface area contributed by atoms with Gasteiger partial charge in [-0.25, -0.2) is 0 Å². The van der Waals surface area contributed by atoms with Crippen molar-refractivity contribution in [2.45, 2.75) is 60.5 Å². The predicted molar refractivity (Wildman–Crippen MR) is 172 cm³/mol. The third-order valence-electron chi connectivity index (χ3n) is 7.76. The molecule has 1 aliphatic heterocycles. The number of carbonyl (C=O) groups excluding carboxylic acids is 1. The SMILES string of the molecule is Cc1cc(C)c(-n2c(C)cc([C@H]3[C@H](c4ccccn4)NC(=S)N3c3ccc(NC(=O)C(C)C)c(Cl)c3)c2C)c(C)c1. The van der Waals surface area contributed by atoms with E-state index in [9.17, 15) is 4.79 Å². The van der Waals surface area contributed by atoms with Crippen LogP contribution >= 0.6 is 23.8 Å². The van der Waals surface area contributed by atoms with Crippen molar-refractivity contribution in [3.63, 3.8) is 0 Å². The van der Waals surface area contributed by atoms with Crippen molar-refractivity contribution in [3.8, 4) is 5.69 Å².